The molecule has 0 saturated heterocycles. The highest BCUT2D eigenvalue weighted by atomic mass is 16.5. The minimum absolute atomic E-state index is 0.0771. The predicted molar refractivity (Wildman–Crippen MR) is 93.0 cm³/mol. The zero-order chi connectivity index (χ0) is 18.3. The molecular weight excluding hydrogens is 292 g/mol. The maximum atomic E-state index is 12.4. The van der Waals surface area contributed by atoms with Crippen LogP contribution in [0.5, 0.6) is 0 Å². The fraction of sp³-hybridized carbons (Fsp3) is 0.789. The Morgan fingerprint density at radius 1 is 0.957 bits per heavy atom. The van der Waals surface area contributed by atoms with Crippen LogP contribution >= 0.6 is 0 Å². The molecule has 0 rings (SSSR count). The first kappa shape index (κ1) is 21.7. The van der Waals surface area contributed by atoms with Gasteiger partial charge in [0, 0.05) is 5.57 Å². The standard InChI is InChI=1S/C19H34O4/c1-14(2)16(20)22-11-9-10-12-23-17(21)15(19(6,7)8)13-18(3,4)5/h15H,1,9-13H2,2-8H3. The molecule has 0 amide bonds. The lowest BCUT2D eigenvalue weighted by atomic mass is 9.72. The largest absolute Gasteiger partial charge is 0.465 e. The average molecular weight is 326 g/mol. The summed E-state index contributed by atoms with van der Waals surface area (Å²) in [5.74, 6) is -0.630. The van der Waals surface area contributed by atoms with E-state index in [1.165, 1.54) is 0 Å². The van der Waals surface area contributed by atoms with Gasteiger partial charge < -0.3 is 9.47 Å². The number of carbonyl (C=O) groups excluding carboxylic acids is 2. The van der Waals surface area contributed by atoms with E-state index in [0.29, 0.717) is 31.6 Å². The van der Waals surface area contributed by atoms with Crippen molar-refractivity contribution >= 4 is 11.9 Å². The van der Waals surface area contributed by atoms with E-state index in [2.05, 4.69) is 48.1 Å². The molecule has 0 bridgehead atoms. The van der Waals surface area contributed by atoms with E-state index < -0.39 is 0 Å². The third-order valence-electron chi connectivity index (χ3n) is 3.51. The third-order valence-corrected chi connectivity index (χ3v) is 3.51. The second-order valence-corrected chi connectivity index (χ2v) is 8.47. The van der Waals surface area contributed by atoms with E-state index >= 15 is 0 Å². The van der Waals surface area contributed by atoms with Gasteiger partial charge in [-0.05, 0) is 37.0 Å². The molecule has 0 aliphatic rings. The summed E-state index contributed by atoms with van der Waals surface area (Å²) in [5.41, 5.74) is 0.348. The number of ether oxygens (including phenoxy) is 2. The normalized spacial score (nSPS) is 13.3. The Hall–Kier alpha value is -1.32. The van der Waals surface area contributed by atoms with Gasteiger partial charge >= 0.3 is 11.9 Å². The van der Waals surface area contributed by atoms with Crippen molar-refractivity contribution in [1.82, 2.24) is 0 Å². The van der Waals surface area contributed by atoms with E-state index in [1.54, 1.807) is 6.92 Å². The number of carbonyl (C=O) groups is 2. The van der Waals surface area contributed by atoms with Crippen molar-refractivity contribution in [1.29, 1.82) is 0 Å². The molecular formula is C19H34O4. The Morgan fingerprint density at radius 3 is 1.83 bits per heavy atom. The summed E-state index contributed by atoms with van der Waals surface area (Å²) in [5, 5.41) is 0. The van der Waals surface area contributed by atoms with Gasteiger partial charge in [0.1, 0.15) is 0 Å². The number of hydrogen-bond donors (Lipinski definition) is 0. The van der Waals surface area contributed by atoms with Gasteiger partial charge in [0.2, 0.25) is 0 Å². The zero-order valence-corrected chi connectivity index (χ0v) is 16.0. The number of rotatable bonds is 8. The summed E-state index contributed by atoms with van der Waals surface area (Å²) in [4.78, 5) is 23.6. The van der Waals surface area contributed by atoms with Gasteiger partial charge in [0.25, 0.3) is 0 Å². The van der Waals surface area contributed by atoms with Crippen LogP contribution in [-0.2, 0) is 19.1 Å². The van der Waals surface area contributed by atoms with E-state index in [1.807, 2.05) is 0 Å². The fourth-order valence-corrected chi connectivity index (χ4v) is 2.12. The monoisotopic (exact) mass is 326 g/mol. The van der Waals surface area contributed by atoms with E-state index in [-0.39, 0.29) is 28.7 Å². The molecule has 0 aliphatic heterocycles. The van der Waals surface area contributed by atoms with Crippen molar-refractivity contribution in [2.24, 2.45) is 16.7 Å². The van der Waals surface area contributed by atoms with Crippen LogP contribution in [0.15, 0.2) is 12.2 Å². The van der Waals surface area contributed by atoms with E-state index in [9.17, 15) is 9.59 Å². The van der Waals surface area contributed by atoms with Gasteiger partial charge in [-0.3, -0.25) is 4.79 Å². The zero-order valence-electron chi connectivity index (χ0n) is 16.0. The van der Waals surface area contributed by atoms with Crippen molar-refractivity contribution in [3.63, 3.8) is 0 Å². The summed E-state index contributed by atoms with van der Waals surface area (Å²) in [6, 6.07) is 0. The molecule has 0 saturated carbocycles. The van der Waals surface area contributed by atoms with Crippen molar-refractivity contribution in [2.45, 2.75) is 67.7 Å². The van der Waals surface area contributed by atoms with Gasteiger partial charge in [-0.25, -0.2) is 4.79 Å². The van der Waals surface area contributed by atoms with Crippen LogP contribution < -0.4 is 0 Å². The third kappa shape index (κ3) is 10.1. The first-order chi connectivity index (χ1) is 10.3. The van der Waals surface area contributed by atoms with E-state index in [4.69, 9.17) is 9.47 Å². The molecule has 0 aromatic heterocycles. The first-order valence-electron chi connectivity index (χ1n) is 8.34. The molecule has 0 spiro atoms. The lowest BCUT2D eigenvalue weighted by Crippen LogP contribution is -2.33. The molecule has 0 aromatic rings. The lowest BCUT2D eigenvalue weighted by Gasteiger charge is -2.33. The summed E-state index contributed by atoms with van der Waals surface area (Å²) < 4.78 is 10.4. The average Bonchev–Trinajstić information content (AvgIpc) is 2.37. The van der Waals surface area contributed by atoms with Gasteiger partial charge in [-0.15, -0.1) is 0 Å². The van der Waals surface area contributed by atoms with E-state index in [0.717, 1.165) is 6.42 Å². The molecule has 0 radical (unpaired) electrons. The van der Waals surface area contributed by atoms with Gasteiger partial charge in [0.05, 0.1) is 19.1 Å². The summed E-state index contributed by atoms with van der Waals surface area (Å²) >= 11 is 0. The smallest absolute Gasteiger partial charge is 0.333 e. The highest BCUT2D eigenvalue weighted by molar-refractivity contribution is 5.86. The molecule has 0 N–H and O–H groups in total. The second-order valence-electron chi connectivity index (χ2n) is 8.47. The molecule has 0 fully saturated rings. The number of hydrogen-bond acceptors (Lipinski definition) is 4. The molecule has 23 heavy (non-hydrogen) atoms. The van der Waals surface area contributed by atoms with Crippen molar-refractivity contribution in [2.75, 3.05) is 13.2 Å². The molecule has 4 nitrogen and oxygen atoms in total. The summed E-state index contributed by atoms with van der Waals surface area (Å²) in [6.07, 6.45) is 2.15. The van der Waals surface area contributed by atoms with Crippen LogP contribution in [0.4, 0.5) is 0 Å². The van der Waals surface area contributed by atoms with Crippen molar-refractivity contribution in [3.05, 3.63) is 12.2 Å². The SMILES string of the molecule is C=C(C)C(=O)OCCCCOC(=O)C(CC(C)(C)C)C(C)(C)C. The summed E-state index contributed by atoms with van der Waals surface area (Å²) in [6.45, 7) is 18.4. The van der Waals surface area contributed by atoms with Gasteiger partial charge in [0.15, 0.2) is 0 Å². The van der Waals surface area contributed by atoms with Crippen LogP contribution in [0.25, 0.3) is 0 Å². The Labute approximate surface area is 141 Å². The summed E-state index contributed by atoms with van der Waals surface area (Å²) in [7, 11) is 0. The maximum Gasteiger partial charge on any atom is 0.333 e. The first-order valence-corrected chi connectivity index (χ1v) is 8.34. The highest BCUT2D eigenvalue weighted by Crippen LogP contribution is 2.36. The topological polar surface area (TPSA) is 52.6 Å². The van der Waals surface area contributed by atoms with Gasteiger partial charge in [-0.1, -0.05) is 48.1 Å². The van der Waals surface area contributed by atoms with Crippen LogP contribution in [0.1, 0.15) is 67.7 Å². The van der Waals surface area contributed by atoms with Gasteiger partial charge in [-0.2, -0.15) is 0 Å². The van der Waals surface area contributed by atoms with Crippen molar-refractivity contribution in [3.8, 4) is 0 Å². The fourth-order valence-electron chi connectivity index (χ4n) is 2.12. The number of unbranched alkanes of at least 4 members (excludes halogenated alkanes) is 1. The quantitative estimate of drug-likeness (QED) is 0.374. The minimum atomic E-state index is -0.375. The predicted octanol–water partition coefficient (Wildman–Crippen LogP) is 4.53. The van der Waals surface area contributed by atoms with Crippen LogP contribution in [0, 0.1) is 16.7 Å². The molecule has 1 atom stereocenters. The van der Waals surface area contributed by atoms with Crippen molar-refractivity contribution < 1.29 is 19.1 Å². The number of esters is 2. The van der Waals surface area contributed by atoms with Crippen LogP contribution in [0.2, 0.25) is 0 Å². The maximum absolute atomic E-state index is 12.4. The van der Waals surface area contributed by atoms with Crippen LogP contribution in [0.3, 0.4) is 0 Å². The molecule has 0 heterocycles. The Balaban J connectivity index is 4.19. The molecule has 0 aromatic carbocycles. The highest BCUT2D eigenvalue weighted by Gasteiger charge is 2.35. The Kier molecular flexibility index (Phi) is 8.57. The molecule has 134 valence electrons. The second kappa shape index (κ2) is 9.09. The Bertz CT molecular complexity index is 410. The molecule has 1 unspecified atom stereocenters. The molecule has 4 heteroatoms. The molecule has 0 aliphatic carbocycles. The Morgan fingerprint density at radius 2 is 1.43 bits per heavy atom. The lowest BCUT2D eigenvalue weighted by molar-refractivity contribution is -0.154. The minimum Gasteiger partial charge on any atom is -0.465 e. The van der Waals surface area contributed by atoms with Crippen LogP contribution in [-0.4, -0.2) is 25.2 Å².